The highest BCUT2D eigenvalue weighted by Gasteiger charge is 2.31. The lowest BCUT2D eigenvalue weighted by molar-refractivity contribution is 0.0372. The highest BCUT2D eigenvalue weighted by molar-refractivity contribution is 5.68. The van der Waals surface area contributed by atoms with Gasteiger partial charge in [0, 0.05) is 0 Å². The highest BCUT2D eigenvalue weighted by atomic mass is 16.6. The van der Waals surface area contributed by atoms with Crippen LogP contribution in [0, 0.1) is 0 Å². The number of hydrogen-bond acceptors (Lipinski definition) is 4. The average molecular weight is 215 g/mol. The van der Waals surface area contributed by atoms with E-state index in [1.165, 1.54) is 12.2 Å². The van der Waals surface area contributed by atoms with E-state index in [1.54, 1.807) is 20.8 Å². The van der Waals surface area contributed by atoms with Crippen LogP contribution in [0.2, 0.25) is 0 Å². The molecule has 0 aliphatic heterocycles. The number of aliphatic hydroxyl groups is 2. The number of amides is 1. The fraction of sp³-hybridized carbons (Fsp3) is 0.700. The molecule has 5 nitrogen and oxygen atoms in total. The Morgan fingerprint density at radius 1 is 1.27 bits per heavy atom. The Labute approximate surface area is 88.7 Å². The lowest BCUT2D eigenvalue weighted by Crippen LogP contribution is -2.48. The summed E-state index contributed by atoms with van der Waals surface area (Å²) in [5, 5.41) is 21.2. The Balaban J connectivity index is 2.45. The molecule has 15 heavy (non-hydrogen) atoms. The lowest BCUT2D eigenvalue weighted by Gasteiger charge is -2.24. The largest absolute Gasteiger partial charge is 0.444 e. The van der Waals surface area contributed by atoms with Crippen LogP contribution in [0.5, 0.6) is 0 Å². The third-order valence-electron chi connectivity index (χ3n) is 1.92. The SMILES string of the molecule is CC(C)(C)OC(=O)NC1[C@H](O)C=C[C@@H]1O. The molecule has 1 rings (SSSR count). The molecular formula is C10H17NO4. The van der Waals surface area contributed by atoms with E-state index in [4.69, 9.17) is 4.74 Å². The van der Waals surface area contributed by atoms with Crippen LogP contribution in [0.3, 0.4) is 0 Å². The van der Waals surface area contributed by atoms with Gasteiger partial charge in [-0.05, 0) is 20.8 Å². The maximum Gasteiger partial charge on any atom is 0.408 e. The summed E-state index contributed by atoms with van der Waals surface area (Å²) in [4.78, 5) is 11.3. The number of aliphatic hydroxyl groups excluding tert-OH is 2. The zero-order chi connectivity index (χ0) is 11.6. The van der Waals surface area contributed by atoms with Crippen LogP contribution in [-0.4, -0.2) is 40.2 Å². The number of hydrogen-bond donors (Lipinski definition) is 3. The minimum Gasteiger partial charge on any atom is -0.444 e. The van der Waals surface area contributed by atoms with E-state index >= 15 is 0 Å². The van der Waals surface area contributed by atoms with Crippen molar-refractivity contribution in [2.75, 3.05) is 0 Å². The molecule has 5 heteroatoms. The van der Waals surface area contributed by atoms with Gasteiger partial charge in [0.25, 0.3) is 0 Å². The molecule has 3 atom stereocenters. The van der Waals surface area contributed by atoms with Crippen LogP contribution < -0.4 is 5.32 Å². The summed E-state index contributed by atoms with van der Waals surface area (Å²) in [5.41, 5.74) is -0.591. The molecule has 1 aliphatic carbocycles. The quantitative estimate of drug-likeness (QED) is 0.545. The molecular weight excluding hydrogens is 198 g/mol. The summed E-state index contributed by atoms with van der Waals surface area (Å²) in [7, 11) is 0. The van der Waals surface area contributed by atoms with Crippen LogP contribution in [0.15, 0.2) is 12.2 Å². The van der Waals surface area contributed by atoms with Crippen molar-refractivity contribution >= 4 is 6.09 Å². The first-order valence-corrected chi connectivity index (χ1v) is 4.83. The van der Waals surface area contributed by atoms with Gasteiger partial charge >= 0.3 is 6.09 Å². The topological polar surface area (TPSA) is 78.8 Å². The Hall–Kier alpha value is -1.07. The van der Waals surface area contributed by atoms with Gasteiger partial charge in [-0.15, -0.1) is 0 Å². The first-order chi connectivity index (χ1) is 6.79. The molecule has 0 radical (unpaired) electrons. The van der Waals surface area contributed by atoms with Crippen molar-refractivity contribution in [2.24, 2.45) is 0 Å². The van der Waals surface area contributed by atoms with Gasteiger partial charge in [-0.25, -0.2) is 4.79 Å². The summed E-state index contributed by atoms with van der Waals surface area (Å²) < 4.78 is 5.00. The van der Waals surface area contributed by atoms with Gasteiger partial charge < -0.3 is 20.3 Å². The van der Waals surface area contributed by atoms with Crippen LogP contribution in [-0.2, 0) is 4.74 Å². The number of ether oxygens (including phenoxy) is 1. The van der Waals surface area contributed by atoms with Crippen molar-refractivity contribution in [1.82, 2.24) is 5.32 Å². The van der Waals surface area contributed by atoms with Crippen molar-refractivity contribution < 1.29 is 19.7 Å². The van der Waals surface area contributed by atoms with E-state index in [0.29, 0.717) is 0 Å². The Morgan fingerprint density at radius 2 is 1.73 bits per heavy atom. The molecule has 0 aromatic carbocycles. The molecule has 0 bridgehead atoms. The molecule has 86 valence electrons. The molecule has 1 unspecified atom stereocenters. The van der Waals surface area contributed by atoms with E-state index < -0.39 is 29.9 Å². The minimum atomic E-state index is -0.868. The smallest absolute Gasteiger partial charge is 0.408 e. The second kappa shape index (κ2) is 4.20. The average Bonchev–Trinajstić information content (AvgIpc) is 2.32. The van der Waals surface area contributed by atoms with Crippen LogP contribution in [0.1, 0.15) is 20.8 Å². The highest BCUT2D eigenvalue weighted by Crippen LogP contribution is 2.13. The van der Waals surface area contributed by atoms with Crippen molar-refractivity contribution in [1.29, 1.82) is 0 Å². The molecule has 0 spiro atoms. The fourth-order valence-electron chi connectivity index (χ4n) is 1.28. The Bertz CT molecular complexity index is 257. The maximum atomic E-state index is 11.3. The van der Waals surface area contributed by atoms with Gasteiger partial charge in [0.05, 0.1) is 18.2 Å². The minimum absolute atomic E-state index is 0.591. The van der Waals surface area contributed by atoms with E-state index in [9.17, 15) is 15.0 Å². The maximum absolute atomic E-state index is 11.3. The second-order valence-electron chi connectivity index (χ2n) is 4.54. The molecule has 1 aliphatic rings. The van der Waals surface area contributed by atoms with Gasteiger partial charge in [-0.3, -0.25) is 0 Å². The van der Waals surface area contributed by atoms with Crippen molar-refractivity contribution in [3.63, 3.8) is 0 Å². The van der Waals surface area contributed by atoms with E-state index in [0.717, 1.165) is 0 Å². The Morgan fingerprint density at radius 3 is 2.13 bits per heavy atom. The fourth-order valence-corrected chi connectivity index (χ4v) is 1.28. The molecule has 0 heterocycles. The predicted octanol–water partition coefficient (Wildman–Crippen LogP) is 0.171. The van der Waals surface area contributed by atoms with Crippen LogP contribution >= 0.6 is 0 Å². The third kappa shape index (κ3) is 3.53. The number of rotatable bonds is 1. The first-order valence-electron chi connectivity index (χ1n) is 4.83. The summed E-state index contributed by atoms with van der Waals surface area (Å²) in [6.45, 7) is 5.23. The second-order valence-corrected chi connectivity index (χ2v) is 4.54. The molecule has 0 aromatic rings. The predicted molar refractivity (Wildman–Crippen MR) is 54.3 cm³/mol. The molecule has 3 N–H and O–H groups in total. The van der Waals surface area contributed by atoms with Gasteiger partial charge in [0.15, 0.2) is 0 Å². The van der Waals surface area contributed by atoms with Gasteiger partial charge in [-0.1, -0.05) is 12.2 Å². The molecule has 0 saturated carbocycles. The van der Waals surface area contributed by atoms with E-state index in [1.807, 2.05) is 0 Å². The summed E-state index contributed by atoms with van der Waals surface area (Å²) in [6.07, 6.45) is 0.494. The van der Waals surface area contributed by atoms with Crippen molar-refractivity contribution in [3.05, 3.63) is 12.2 Å². The van der Waals surface area contributed by atoms with Crippen LogP contribution in [0.25, 0.3) is 0 Å². The Kier molecular flexibility index (Phi) is 3.36. The van der Waals surface area contributed by atoms with E-state index in [2.05, 4.69) is 5.32 Å². The van der Waals surface area contributed by atoms with Gasteiger partial charge in [0.1, 0.15) is 5.60 Å². The molecule has 0 saturated heterocycles. The number of alkyl carbamates (subject to hydrolysis) is 1. The number of nitrogens with one attached hydrogen (secondary N) is 1. The zero-order valence-electron chi connectivity index (χ0n) is 9.10. The normalized spacial score (nSPS) is 30.3. The van der Waals surface area contributed by atoms with Crippen molar-refractivity contribution in [3.8, 4) is 0 Å². The number of carbonyl (C=O) groups is 1. The lowest BCUT2D eigenvalue weighted by atomic mass is 10.1. The zero-order valence-corrected chi connectivity index (χ0v) is 9.10. The first kappa shape index (κ1) is 12.0. The summed E-state index contributed by atoms with van der Waals surface area (Å²) in [5.74, 6) is 0. The molecule has 0 aromatic heterocycles. The summed E-state index contributed by atoms with van der Waals surface area (Å²) >= 11 is 0. The van der Waals surface area contributed by atoms with Crippen LogP contribution in [0.4, 0.5) is 4.79 Å². The molecule has 1 amide bonds. The van der Waals surface area contributed by atoms with Gasteiger partial charge in [-0.2, -0.15) is 0 Å². The monoisotopic (exact) mass is 215 g/mol. The van der Waals surface area contributed by atoms with Crippen molar-refractivity contribution in [2.45, 2.75) is 44.6 Å². The van der Waals surface area contributed by atoms with E-state index in [-0.39, 0.29) is 0 Å². The number of carbonyl (C=O) groups excluding carboxylic acids is 1. The molecule has 0 fully saturated rings. The third-order valence-corrected chi connectivity index (χ3v) is 1.92. The summed E-state index contributed by atoms with van der Waals surface area (Å²) in [6, 6.07) is -0.722. The van der Waals surface area contributed by atoms with Gasteiger partial charge in [0.2, 0.25) is 0 Å². The standard InChI is InChI=1S/C10H17NO4/c1-10(2,3)15-9(14)11-8-6(12)4-5-7(8)13/h4-8,12-13H,1-3H3,(H,11,14)/t6-,7+,8?.